The number of fused-ring (bicyclic) bond motifs is 1. The van der Waals surface area contributed by atoms with Crippen LogP contribution < -0.4 is 10.3 Å². The van der Waals surface area contributed by atoms with Crippen molar-refractivity contribution in [2.24, 2.45) is 0 Å². The molecule has 3 aromatic rings. The molecular formula is C14H12FN3O3S2. The predicted molar refractivity (Wildman–Crippen MR) is 86.0 cm³/mol. The molecule has 0 atom stereocenters. The number of hydrogen-bond donors (Lipinski definition) is 1. The molecule has 0 fully saturated rings. The Morgan fingerprint density at radius 2 is 2.04 bits per heavy atom. The average molecular weight is 353 g/mol. The van der Waals surface area contributed by atoms with Crippen LogP contribution >= 0.6 is 11.3 Å². The van der Waals surface area contributed by atoms with Gasteiger partial charge in [0.1, 0.15) is 5.82 Å². The second-order valence-corrected chi connectivity index (χ2v) is 7.44. The van der Waals surface area contributed by atoms with Gasteiger partial charge in [0, 0.05) is 11.6 Å². The van der Waals surface area contributed by atoms with Gasteiger partial charge in [-0.05, 0) is 31.5 Å². The molecule has 0 aliphatic heterocycles. The minimum Gasteiger partial charge on any atom is -0.279 e. The molecule has 0 bridgehead atoms. The zero-order chi connectivity index (χ0) is 16.8. The first-order chi connectivity index (χ1) is 10.8. The van der Waals surface area contributed by atoms with Crippen molar-refractivity contribution in [1.29, 1.82) is 0 Å². The van der Waals surface area contributed by atoms with Crippen LogP contribution in [0.4, 0.5) is 10.1 Å². The number of sulfonamides is 1. The van der Waals surface area contributed by atoms with Crippen molar-refractivity contribution in [3.05, 3.63) is 57.2 Å². The summed E-state index contributed by atoms with van der Waals surface area (Å²) in [6, 6.07) is 3.75. The first-order valence-corrected chi connectivity index (χ1v) is 8.91. The molecule has 3 rings (SSSR count). The van der Waals surface area contributed by atoms with Crippen molar-refractivity contribution < 1.29 is 12.8 Å². The molecular weight excluding hydrogens is 341 g/mol. The van der Waals surface area contributed by atoms with E-state index in [-0.39, 0.29) is 11.4 Å². The fourth-order valence-electron chi connectivity index (χ4n) is 2.18. The van der Waals surface area contributed by atoms with E-state index in [1.807, 2.05) is 0 Å². The maximum Gasteiger partial charge on any atom is 0.279 e. The van der Waals surface area contributed by atoms with Gasteiger partial charge in [-0.3, -0.25) is 13.9 Å². The van der Waals surface area contributed by atoms with Crippen molar-refractivity contribution >= 4 is 32.0 Å². The molecule has 0 spiro atoms. The third-order valence-corrected chi connectivity index (χ3v) is 5.56. The highest BCUT2D eigenvalue weighted by Gasteiger charge is 2.25. The van der Waals surface area contributed by atoms with Crippen molar-refractivity contribution in [2.45, 2.75) is 18.7 Å². The normalized spacial score (nSPS) is 11.8. The highest BCUT2D eigenvalue weighted by molar-refractivity contribution is 7.92. The van der Waals surface area contributed by atoms with Gasteiger partial charge in [0.15, 0.2) is 9.86 Å². The van der Waals surface area contributed by atoms with Gasteiger partial charge in [0.2, 0.25) is 0 Å². The number of aromatic nitrogens is 2. The predicted octanol–water partition coefficient (Wildman–Crippen LogP) is 2.31. The van der Waals surface area contributed by atoms with E-state index in [0.717, 1.165) is 6.07 Å². The Balaban J connectivity index is 2.17. The van der Waals surface area contributed by atoms with Crippen molar-refractivity contribution in [3.8, 4) is 0 Å². The molecule has 0 amide bonds. The molecule has 0 saturated carbocycles. The topological polar surface area (TPSA) is 80.5 Å². The molecule has 0 aliphatic rings. The molecule has 1 N–H and O–H groups in total. The molecule has 6 nitrogen and oxygen atoms in total. The summed E-state index contributed by atoms with van der Waals surface area (Å²) in [6.45, 7) is 3.09. The molecule has 9 heteroatoms. The van der Waals surface area contributed by atoms with Gasteiger partial charge in [-0.2, -0.15) is 0 Å². The van der Waals surface area contributed by atoms with Crippen molar-refractivity contribution in [3.63, 3.8) is 0 Å². The van der Waals surface area contributed by atoms with E-state index in [4.69, 9.17) is 0 Å². The fourth-order valence-corrected chi connectivity index (χ4v) is 4.30. The van der Waals surface area contributed by atoms with E-state index in [2.05, 4.69) is 9.71 Å². The zero-order valence-electron chi connectivity index (χ0n) is 12.2. The van der Waals surface area contributed by atoms with E-state index < -0.39 is 26.3 Å². The summed E-state index contributed by atoms with van der Waals surface area (Å²) < 4.78 is 42.0. The van der Waals surface area contributed by atoms with E-state index in [0.29, 0.717) is 10.5 Å². The Morgan fingerprint density at radius 1 is 1.30 bits per heavy atom. The largest absolute Gasteiger partial charge is 0.279 e. The first-order valence-electron chi connectivity index (χ1n) is 6.55. The summed E-state index contributed by atoms with van der Waals surface area (Å²) in [6.07, 6.45) is 1.46. The monoisotopic (exact) mass is 353 g/mol. The lowest BCUT2D eigenvalue weighted by molar-refractivity contribution is 0.598. The molecule has 2 aromatic heterocycles. The average Bonchev–Trinajstić information content (AvgIpc) is 2.90. The van der Waals surface area contributed by atoms with Crippen LogP contribution in [0, 0.1) is 19.7 Å². The van der Waals surface area contributed by atoms with Gasteiger partial charge >= 0.3 is 0 Å². The Hall–Kier alpha value is -2.26. The third kappa shape index (κ3) is 2.73. The van der Waals surface area contributed by atoms with Gasteiger partial charge in [0.05, 0.1) is 11.4 Å². The molecule has 120 valence electrons. The lowest BCUT2D eigenvalue weighted by Crippen LogP contribution is -2.27. The van der Waals surface area contributed by atoms with Gasteiger partial charge in [-0.1, -0.05) is 6.07 Å². The Bertz CT molecular complexity index is 1070. The molecule has 0 aliphatic carbocycles. The van der Waals surface area contributed by atoms with Crippen LogP contribution in [0.2, 0.25) is 0 Å². The third-order valence-electron chi connectivity index (χ3n) is 3.31. The Kier molecular flexibility index (Phi) is 3.69. The first kappa shape index (κ1) is 15.6. The van der Waals surface area contributed by atoms with Crippen LogP contribution in [0.15, 0.2) is 39.5 Å². The van der Waals surface area contributed by atoms with Crippen molar-refractivity contribution in [1.82, 2.24) is 9.38 Å². The smallest absolute Gasteiger partial charge is 0.279 e. The minimum absolute atomic E-state index is 0.0826. The van der Waals surface area contributed by atoms with E-state index in [1.165, 1.54) is 41.0 Å². The Morgan fingerprint density at radius 3 is 2.78 bits per heavy atom. The van der Waals surface area contributed by atoms with Gasteiger partial charge in [0.25, 0.3) is 15.6 Å². The molecule has 0 saturated heterocycles. The van der Waals surface area contributed by atoms with Gasteiger partial charge < -0.3 is 0 Å². The summed E-state index contributed by atoms with van der Waals surface area (Å²) in [5.74, 6) is -0.576. The highest BCUT2D eigenvalue weighted by atomic mass is 32.2. The van der Waals surface area contributed by atoms with Crippen molar-refractivity contribution in [2.75, 3.05) is 4.72 Å². The van der Waals surface area contributed by atoms with E-state index in [9.17, 15) is 17.6 Å². The number of rotatable bonds is 3. The fraction of sp³-hybridized carbons (Fsp3) is 0.143. The van der Waals surface area contributed by atoms with Crippen LogP contribution in [0.1, 0.15) is 11.3 Å². The summed E-state index contributed by atoms with van der Waals surface area (Å²) in [5, 5.41) is 1.64. The summed E-state index contributed by atoms with van der Waals surface area (Å²) in [7, 11) is -4.19. The van der Waals surface area contributed by atoms with Crippen LogP contribution in [-0.2, 0) is 10.0 Å². The van der Waals surface area contributed by atoms with Crippen LogP contribution in [0.25, 0.3) is 4.96 Å². The standard InChI is InChI=1S/C14H12FN3O3S2/c1-8-3-4-10(15)7-11(8)17-23(20,21)12-9(2)16-14-18(13(12)19)5-6-22-14/h3-7,17H,1-2H3. The highest BCUT2D eigenvalue weighted by Crippen LogP contribution is 2.21. The quantitative estimate of drug-likeness (QED) is 0.783. The minimum atomic E-state index is -4.19. The van der Waals surface area contributed by atoms with Crippen LogP contribution in [-0.4, -0.2) is 17.8 Å². The lowest BCUT2D eigenvalue weighted by atomic mass is 10.2. The number of hydrogen-bond acceptors (Lipinski definition) is 5. The second kappa shape index (κ2) is 5.43. The number of nitrogens with zero attached hydrogens (tertiary/aromatic N) is 2. The molecule has 0 radical (unpaired) electrons. The molecule has 23 heavy (non-hydrogen) atoms. The Labute approximate surface area is 135 Å². The number of halogens is 1. The van der Waals surface area contributed by atoms with Crippen LogP contribution in [0.3, 0.4) is 0 Å². The van der Waals surface area contributed by atoms with Gasteiger partial charge in [-0.25, -0.2) is 17.8 Å². The van der Waals surface area contributed by atoms with E-state index >= 15 is 0 Å². The van der Waals surface area contributed by atoms with Crippen LogP contribution in [0.5, 0.6) is 0 Å². The maximum atomic E-state index is 13.3. The lowest BCUT2D eigenvalue weighted by Gasteiger charge is -2.11. The second-order valence-electron chi connectivity index (χ2n) is 4.95. The SMILES string of the molecule is Cc1ccc(F)cc1NS(=O)(=O)c1c(C)nc2sccn2c1=O. The number of thiazole rings is 1. The van der Waals surface area contributed by atoms with E-state index in [1.54, 1.807) is 12.3 Å². The molecule has 0 unspecified atom stereocenters. The molecule has 2 heterocycles. The molecule has 1 aromatic carbocycles. The zero-order valence-corrected chi connectivity index (χ0v) is 13.8. The maximum absolute atomic E-state index is 13.3. The summed E-state index contributed by atoms with van der Waals surface area (Å²) in [5.41, 5.74) is 0.0332. The number of nitrogens with one attached hydrogen (secondary N) is 1. The number of aryl methyl sites for hydroxylation is 2. The summed E-state index contributed by atoms with van der Waals surface area (Å²) >= 11 is 1.23. The number of anilines is 1. The summed E-state index contributed by atoms with van der Waals surface area (Å²) in [4.78, 5) is 16.5. The number of benzene rings is 1. The van der Waals surface area contributed by atoms with Gasteiger partial charge in [-0.15, -0.1) is 11.3 Å².